The molecule has 0 rings (SSSR count). The van der Waals surface area contributed by atoms with Crippen LogP contribution in [-0.4, -0.2) is 24.9 Å². The Morgan fingerprint density at radius 2 is 2.31 bits per heavy atom. The minimum absolute atomic E-state index is 0.0793. The van der Waals surface area contributed by atoms with Crippen molar-refractivity contribution in [2.75, 3.05) is 12.9 Å². The van der Waals surface area contributed by atoms with E-state index >= 15 is 0 Å². The van der Waals surface area contributed by atoms with Gasteiger partial charge in [-0.25, -0.2) is 0 Å². The number of ether oxygens (including phenoxy) is 1. The van der Waals surface area contributed by atoms with Gasteiger partial charge in [0.25, 0.3) is 5.91 Å². The van der Waals surface area contributed by atoms with Crippen molar-refractivity contribution in [3.8, 4) is 0 Å². The Labute approximate surface area is 84.1 Å². The van der Waals surface area contributed by atoms with Crippen molar-refractivity contribution in [1.29, 1.82) is 0 Å². The van der Waals surface area contributed by atoms with Crippen LogP contribution in [0.15, 0.2) is 12.7 Å². The summed E-state index contributed by atoms with van der Waals surface area (Å²) in [4.78, 5) is 11.4. The van der Waals surface area contributed by atoms with Gasteiger partial charge in [-0.15, -0.1) is 6.58 Å². The molecule has 0 aromatic rings. The highest BCUT2D eigenvalue weighted by Gasteiger charge is 2.21. The molecule has 0 aromatic carbocycles. The van der Waals surface area contributed by atoms with E-state index in [4.69, 9.17) is 4.74 Å². The Morgan fingerprint density at radius 1 is 1.69 bits per heavy atom. The molecule has 3 nitrogen and oxygen atoms in total. The number of carbonyl (C=O) groups is 1. The fraction of sp³-hybridized carbons (Fsp3) is 0.667. The molecule has 1 N–H and O–H groups in total. The van der Waals surface area contributed by atoms with Crippen LogP contribution in [0.4, 0.5) is 0 Å². The standard InChI is InChI=1S/C9H17NO2S/c1-5-6-12-8(7(2)3)9(11)10-13-4/h5,7-8H,1,6H2,2-4H3,(H,10,11). The lowest BCUT2D eigenvalue weighted by atomic mass is 10.1. The summed E-state index contributed by atoms with van der Waals surface area (Å²) in [5, 5.41) is 0. The molecule has 0 bridgehead atoms. The Morgan fingerprint density at radius 3 is 2.69 bits per heavy atom. The number of hydrogen-bond donors (Lipinski definition) is 1. The van der Waals surface area contributed by atoms with Crippen LogP contribution in [0.2, 0.25) is 0 Å². The smallest absolute Gasteiger partial charge is 0.259 e. The Kier molecular flexibility index (Phi) is 6.72. The van der Waals surface area contributed by atoms with Crippen molar-refractivity contribution in [1.82, 2.24) is 4.72 Å². The van der Waals surface area contributed by atoms with Crippen LogP contribution in [0.1, 0.15) is 13.8 Å². The summed E-state index contributed by atoms with van der Waals surface area (Å²) in [5.41, 5.74) is 0. The maximum Gasteiger partial charge on any atom is 0.259 e. The van der Waals surface area contributed by atoms with Gasteiger partial charge in [0.15, 0.2) is 0 Å². The molecule has 13 heavy (non-hydrogen) atoms. The normalized spacial score (nSPS) is 12.6. The third-order valence-electron chi connectivity index (χ3n) is 1.46. The minimum Gasteiger partial charge on any atom is -0.364 e. The van der Waals surface area contributed by atoms with Crippen LogP contribution in [0.25, 0.3) is 0 Å². The molecule has 0 heterocycles. The second-order valence-electron chi connectivity index (χ2n) is 2.96. The fourth-order valence-corrected chi connectivity index (χ4v) is 1.22. The van der Waals surface area contributed by atoms with Gasteiger partial charge in [0.1, 0.15) is 6.10 Å². The third-order valence-corrected chi connectivity index (χ3v) is 1.87. The molecule has 76 valence electrons. The van der Waals surface area contributed by atoms with Gasteiger partial charge in [0, 0.05) is 6.26 Å². The lowest BCUT2D eigenvalue weighted by Gasteiger charge is -2.19. The second kappa shape index (κ2) is 6.97. The summed E-state index contributed by atoms with van der Waals surface area (Å²) < 4.78 is 7.98. The number of hydrogen-bond acceptors (Lipinski definition) is 3. The van der Waals surface area contributed by atoms with Crippen LogP contribution in [0.3, 0.4) is 0 Å². The van der Waals surface area contributed by atoms with Crippen molar-refractivity contribution < 1.29 is 9.53 Å². The van der Waals surface area contributed by atoms with Crippen molar-refractivity contribution in [2.45, 2.75) is 20.0 Å². The maximum absolute atomic E-state index is 11.4. The molecule has 0 fully saturated rings. The molecule has 1 amide bonds. The van der Waals surface area contributed by atoms with Gasteiger partial charge in [0.2, 0.25) is 0 Å². The van der Waals surface area contributed by atoms with Crippen molar-refractivity contribution in [2.24, 2.45) is 5.92 Å². The molecule has 0 radical (unpaired) electrons. The summed E-state index contributed by atoms with van der Waals surface area (Å²) in [6, 6.07) is 0. The van der Waals surface area contributed by atoms with E-state index in [1.165, 1.54) is 11.9 Å². The fourth-order valence-electron chi connectivity index (χ4n) is 0.901. The molecular formula is C9H17NO2S. The average molecular weight is 203 g/mol. The van der Waals surface area contributed by atoms with E-state index in [9.17, 15) is 4.79 Å². The van der Waals surface area contributed by atoms with Crippen LogP contribution < -0.4 is 4.72 Å². The van der Waals surface area contributed by atoms with Gasteiger partial charge in [-0.05, 0) is 5.92 Å². The highest BCUT2D eigenvalue weighted by molar-refractivity contribution is 7.97. The van der Waals surface area contributed by atoms with Crippen molar-refractivity contribution >= 4 is 17.9 Å². The number of amides is 1. The van der Waals surface area contributed by atoms with E-state index < -0.39 is 0 Å². The van der Waals surface area contributed by atoms with Gasteiger partial charge in [-0.3, -0.25) is 9.52 Å². The molecule has 0 aromatic heterocycles. The molecule has 1 unspecified atom stereocenters. The topological polar surface area (TPSA) is 38.3 Å². The van der Waals surface area contributed by atoms with Gasteiger partial charge in [-0.1, -0.05) is 31.9 Å². The van der Waals surface area contributed by atoms with Crippen molar-refractivity contribution in [3.63, 3.8) is 0 Å². The first-order valence-corrected chi connectivity index (χ1v) is 5.41. The Balaban J connectivity index is 4.06. The molecule has 0 aliphatic rings. The summed E-state index contributed by atoms with van der Waals surface area (Å²) in [5.74, 6) is 0.0939. The molecule has 0 spiro atoms. The van der Waals surface area contributed by atoms with Gasteiger partial charge in [-0.2, -0.15) is 0 Å². The Bertz CT molecular complexity index is 171. The predicted octanol–water partition coefficient (Wildman–Crippen LogP) is 1.61. The van der Waals surface area contributed by atoms with Crippen LogP contribution in [0.5, 0.6) is 0 Å². The third kappa shape index (κ3) is 4.95. The molecule has 1 atom stereocenters. The van der Waals surface area contributed by atoms with Crippen LogP contribution in [0, 0.1) is 5.92 Å². The summed E-state index contributed by atoms with van der Waals surface area (Å²) >= 11 is 1.28. The summed E-state index contributed by atoms with van der Waals surface area (Å²) in [6.07, 6.45) is 3.07. The molecule has 0 saturated heterocycles. The Hall–Kier alpha value is -0.480. The van der Waals surface area contributed by atoms with E-state index in [1.54, 1.807) is 6.08 Å². The summed E-state index contributed by atoms with van der Waals surface area (Å²) in [6.45, 7) is 7.85. The van der Waals surface area contributed by atoms with E-state index in [-0.39, 0.29) is 17.9 Å². The van der Waals surface area contributed by atoms with Gasteiger partial charge < -0.3 is 4.74 Å². The van der Waals surface area contributed by atoms with Gasteiger partial charge >= 0.3 is 0 Å². The molecule has 0 aliphatic carbocycles. The highest BCUT2D eigenvalue weighted by atomic mass is 32.2. The monoisotopic (exact) mass is 203 g/mol. The first kappa shape index (κ1) is 12.5. The highest BCUT2D eigenvalue weighted by Crippen LogP contribution is 2.07. The predicted molar refractivity (Wildman–Crippen MR) is 56.4 cm³/mol. The SMILES string of the molecule is C=CCOC(C(=O)NSC)C(C)C. The minimum atomic E-state index is -0.384. The maximum atomic E-state index is 11.4. The van der Waals surface area contributed by atoms with E-state index in [1.807, 2.05) is 20.1 Å². The zero-order chi connectivity index (χ0) is 10.3. The number of carbonyl (C=O) groups excluding carboxylic acids is 1. The van der Waals surface area contributed by atoms with Crippen molar-refractivity contribution in [3.05, 3.63) is 12.7 Å². The lowest BCUT2D eigenvalue weighted by molar-refractivity contribution is -0.132. The zero-order valence-corrected chi connectivity index (χ0v) is 9.19. The average Bonchev–Trinajstić information content (AvgIpc) is 2.05. The molecule has 4 heteroatoms. The molecule has 0 aliphatic heterocycles. The lowest BCUT2D eigenvalue weighted by Crippen LogP contribution is -2.36. The molecular weight excluding hydrogens is 186 g/mol. The largest absolute Gasteiger partial charge is 0.364 e. The first-order chi connectivity index (χ1) is 6.13. The van der Waals surface area contributed by atoms with E-state index in [2.05, 4.69) is 11.3 Å². The van der Waals surface area contributed by atoms with E-state index in [0.717, 1.165) is 0 Å². The zero-order valence-electron chi connectivity index (χ0n) is 8.37. The van der Waals surface area contributed by atoms with Crippen LogP contribution in [-0.2, 0) is 9.53 Å². The number of nitrogens with one attached hydrogen (secondary N) is 1. The summed E-state index contributed by atoms with van der Waals surface area (Å²) in [7, 11) is 0. The quantitative estimate of drug-likeness (QED) is 0.526. The van der Waals surface area contributed by atoms with E-state index in [0.29, 0.717) is 6.61 Å². The van der Waals surface area contributed by atoms with Gasteiger partial charge in [0.05, 0.1) is 6.61 Å². The second-order valence-corrected chi connectivity index (χ2v) is 3.57. The number of rotatable bonds is 6. The van der Waals surface area contributed by atoms with Crippen LogP contribution >= 0.6 is 11.9 Å². The first-order valence-electron chi connectivity index (χ1n) is 4.18. The molecule has 0 saturated carbocycles.